The van der Waals surface area contributed by atoms with Crippen molar-refractivity contribution >= 4 is 23.6 Å². The minimum Gasteiger partial charge on any atom is -0.354 e. The van der Waals surface area contributed by atoms with Gasteiger partial charge in [0.25, 0.3) is 0 Å². The molecule has 0 aliphatic carbocycles. The van der Waals surface area contributed by atoms with E-state index in [1.54, 1.807) is 22.9 Å². The van der Waals surface area contributed by atoms with Gasteiger partial charge in [0.2, 0.25) is 11.8 Å². The van der Waals surface area contributed by atoms with Crippen LogP contribution in [0.3, 0.4) is 0 Å². The maximum Gasteiger partial charge on any atom is 0.243 e. The Kier molecular flexibility index (Phi) is 3.89. The molecule has 2 atom stereocenters. The molecule has 6 heteroatoms. The Morgan fingerprint density at radius 1 is 1.57 bits per heavy atom. The van der Waals surface area contributed by atoms with Gasteiger partial charge in [0, 0.05) is 37.0 Å². The average molecular weight is 305 g/mol. The molecule has 0 bridgehead atoms. The van der Waals surface area contributed by atoms with E-state index in [1.807, 2.05) is 18.2 Å². The summed E-state index contributed by atoms with van der Waals surface area (Å²) in [6.45, 7) is 2.61. The fraction of sp³-hybridized carbons (Fsp3) is 0.533. The molecule has 21 heavy (non-hydrogen) atoms. The summed E-state index contributed by atoms with van der Waals surface area (Å²) in [5.41, 5.74) is 0.959. The monoisotopic (exact) mass is 305 g/mol. The highest BCUT2D eigenvalue weighted by Gasteiger charge is 2.52. The van der Waals surface area contributed by atoms with Crippen molar-refractivity contribution in [3.8, 4) is 0 Å². The Labute approximate surface area is 128 Å². The molecular weight excluding hydrogens is 286 g/mol. The third kappa shape index (κ3) is 2.77. The number of rotatable bonds is 4. The van der Waals surface area contributed by atoms with E-state index < -0.39 is 0 Å². The van der Waals surface area contributed by atoms with E-state index in [4.69, 9.17) is 0 Å². The van der Waals surface area contributed by atoms with Gasteiger partial charge in [0.05, 0.1) is 4.87 Å². The van der Waals surface area contributed by atoms with E-state index in [2.05, 4.69) is 17.2 Å². The van der Waals surface area contributed by atoms with Crippen molar-refractivity contribution in [1.29, 1.82) is 0 Å². The summed E-state index contributed by atoms with van der Waals surface area (Å²) in [4.78, 5) is 30.2. The van der Waals surface area contributed by atoms with Crippen molar-refractivity contribution in [1.82, 2.24) is 15.2 Å². The zero-order valence-corrected chi connectivity index (χ0v) is 12.9. The molecule has 2 aliphatic heterocycles. The maximum atomic E-state index is 12.3. The van der Waals surface area contributed by atoms with Crippen LogP contribution in [-0.2, 0) is 16.0 Å². The molecular formula is C15H19N3O2S. The van der Waals surface area contributed by atoms with Crippen LogP contribution in [0, 0.1) is 0 Å². The van der Waals surface area contributed by atoms with Gasteiger partial charge in [-0.25, -0.2) is 0 Å². The first-order valence-corrected chi connectivity index (χ1v) is 8.22. The van der Waals surface area contributed by atoms with E-state index in [9.17, 15) is 9.59 Å². The standard InChI is InChI=1S/C15H19N3O2S/c1-15-7-5-13(19)18(15)12(10-21-15)14(20)17-9-6-11-4-2-3-8-16-11/h2-4,8,12H,5-7,9-10H2,1H3,(H,17,20)/t12-,15-/m1/s1. The highest BCUT2D eigenvalue weighted by Crippen LogP contribution is 2.47. The number of carbonyl (C=O) groups excluding carboxylic acids is 2. The minimum atomic E-state index is -0.321. The van der Waals surface area contributed by atoms with Crippen LogP contribution < -0.4 is 5.32 Å². The largest absolute Gasteiger partial charge is 0.354 e. The first kappa shape index (κ1) is 14.4. The van der Waals surface area contributed by atoms with Crippen molar-refractivity contribution in [2.24, 2.45) is 0 Å². The number of fused-ring (bicyclic) bond motifs is 1. The molecule has 3 heterocycles. The second-order valence-corrected chi connectivity index (χ2v) is 7.13. The molecule has 112 valence electrons. The summed E-state index contributed by atoms with van der Waals surface area (Å²) in [5.74, 6) is 0.752. The van der Waals surface area contributed by atoms with Gasteiger partial charge in [0.15, 0.2) is 0 Å². The van der Waals surface area contributed by atoms with Gasteiger partial charge in [-0.1, -0.05) is 6.07 Å². The van der Waals surface area contributed by atoms with Gasteiger partial charge in [-0.2, -0.15) is 0 Å². The normalized spacial score (nSPS) is 27.8. The Morgan fingerprint density at radius 3 is 3.19 bits per heavy atom. The molecule has 2 aliphatic rings. The highest BCUT2D eigenvalue weighted by molar-refractivity contribution is 8.01. The lowest BCUT2D eigenvalue weighted by Gasteiger charge is -2.29. The zero-order valence-electron chi connectivity index (χ0n) is 12.0. The molecule has 5 nitrogen and oxygen atoms in total. The molecule has 2 amide bonds. The average Bonchev–Trinajstić information content (AvgIpc) is 2.97. The van der Waals surface area contributed by atoms with Crippen molar-refractivity contribution < 1.29 is 9.59 Å². The summed E-state index contributed by atoms with van der Waals surface area (Å²) < 4.78 is 0. The van der Waals surface area contributed by atoms with Crippen LogP contribution in [0.5, 0.6) is 0 Å². The molecule has 1 aromatic rings. The highest BCUT2D eigenvalue weighted by atomic mass is 32.2. The minimum absolute atomic E-state index is 0.0441. The number of hydrogen-bond donors (Lipinski definition) is 1. The molecule has 2 saturated heterocycles. The number of carbonyl (C=O) groups is 2. The molecule has 0 aromatic carbocycles. The van der Waals surface area contributed by atoms with Gasteiger partial charge >= 0.3 is 0 Å². The predicted octanol–water partition coefficient (Wildman–Crippen LogP) is 1.19. The first-order chi connectivity index (χ1) is 10.1. The summed E-state index contributed by atoms with van der Waals surface area (Å²) in [5, 5.41) is 2.94. The quantitative estimate of drug-likeness (QED) is 0.908. The molecule has 1 aromatic heterocycles. The zero-order chi connectivity index (χ0) is 14.9. The lowest BCUT2D eigenvalue weighted by Crippen LogP contribution is -2.50. The maximum absolute atomic E-state index is 12.3. The molecule has 1 N–H and O–H groups in total. The van der Waals surface area contributed by atoms with E-state index in [0.29, 0.717) is 25.1 Å². The second kappa shape index (κ2) is 5.67. The summed E-state index contributed by atoms with van der Waals surface area (Å²) in [6, 6.07) is 5.43. The molecule has 0 saturated carbocycles. The number of nitrogens with zero attached hydrogens (tertiary/aromatic N) is 2. The van der Waals surface area contributed by atoms with Crippen LogP contribution >= 0.6 is 11.8 Å². The lowest BCUT2D eigenvalue weighted by molar-refractivity contribution is -0.137. The fourth-order valence-corrected chi connectivity index (χ4v) is 4.42. The van der Waals surface area contributed by atoms with Crippen molar-refractivity contribution in [2.75, 3.05) is 12.3 Å². The van der Waals surface area contributed by atoms with Gasteiger partial charge in [-0.3, -0.25) is 14.6 Å². The third-order valence-electron chi connectivity index (χ3n) is 4.15. The number of nitrogens with one attached hydrogen (secondary N) is 1. The number of aromatic nitrogens is 1. The van der Waals surface area contributed by atoms with Gasteiger partial charge in [-0.05, 0) is 25.5 Å². The number of thioether (sulfide) groups is 1. The Bertz CT molecular complexity index is 551. The van der Waals surface area contributed by atoms with Gasteiger partial charge < -0.3 is 10.2 Å². The van der Waals surface area contributed by atoms with Crippen LogP contribution in [0.4, 0.5) is 0 Å². The smallest absolute Gasteiger partial charge is 0.243 e. The van der Waals surface area contributed by atoms with E-state index in [1.165, 1.54) is 0 Å². The van der Waals surface area contributed by atoms with Crippen LogP contribution in [0.15, 0.2) is 24.4 Å². The summed E-state index contributed by atoms with van der Waals surface area (Å²) in [7, 11) is 0. The molecule has 0 spiro atoms. The van der Waals surface area contributed by atoms with Crippen molar-refractivity contribution in [3.05, 3.63) is 30.1 Å². The Morgan fingerprint density at radius 2 is 2.43 bits per heavy atom. The van der Waals surface area contributed by atoms with Crippen LogP contribution in [0.1, 0.15) is 25.5 Å². The van der Waals surface area contributed by atoms with E-state index >= 15 is 0 Å². The summed E-state index contributed by atoms with van der Waals surface area (Å²) >= 11 is 1.72. The molecule has 0 unspecified atom stereocenters. The van der Waals surface area contributed by atoms with Crippen molar-refractivity contribution in [3.63, 3.8) is 0 Å². The number of amides is 2. The Balaban J connectivity index is 1.55. The topological polar surface area (TPSA) is 62.3 Å². The number of pyridine rings is 1. The number of hydrogen-bond acceptors (Lipinski definition) is 4. The Hall–Kier alpha value is -1.56. The lowest BCUT2D eigenvalue weighted by atomic mass is 10.2. The first-order valence-electron chi connectivity index (χ1n) is 7.24. The van der Waals surface area contributed by atoms with Crippen LogP contribution in [0.2, 0.25) is 0 Å². The van der Waals surface area contributed by atoms with E-state index in [0.717, 1.165) is 12.1 Å². The van der Waals surface area contributed by atoms with Gasteiger partial charge in [-0.15, -0.1) is 11.8 Å². The predicted molar refractivity (Wildman–Crippen MR) is 81.7 cm³/mol. The van der Waals surface area contributed by atoms with Gasteiger partial charge in [0.1, 0.15) is 6.04 Å². The van der Waals surface area contributed by atoms with Crippen LogP contribution in [0.25, 0.3) is 0 Å². The third-order valence-corrected chi connectivity index (χ3v) is 5.66. The molecule has 3 rings (SSSR count). The van der Waals surface area contributed by atoms with E-state index in [-0.39, 0.29) is 22.7 Å². The second-order valence-electron chi connectivity index (χ2n) is 5.63. The van der Waals surface area contributed by atoms with Crippen LogP contribution in [-0.4, -0.2) is 44.9 Å². The fourth-order valence-electron chi connectivity index (χ4n) is 2.99. The SMILES string of the molecule is C[C@@]12CCC(=O)N1[C@@H](C(=O)NCCc1ccccn1)CS2. The van der Waals surface area contributed by atoms with Crippen molar-refractivity contribution in [2.45, 2.75) is 37.1 Å². The summed E-state index contributed by atoms with van der Waals surface area (Å²) in [6.07, 6.45) is 3.85. The molecule has 0 radical (unpaired) electrons. The molecule has 2 fully saturated rings.